The summed E-state index contributed by atoms with van der Waals surface area (Å²) in [7, 11) is 1.18. The van der Waals surface area contributed by atoms with Gasteiger partial charge in [-0.05, 0) is 29.8 Å². The smallest absolute Gasteiger partial charge is 0.344 e. The summed E-state index contributed by atoms with van der Waals surface area (Å²) >= 11 is 0. The molecule has 2 rings (SSSR count). The summed E-state index contributed by atoms with van der Waals surface area (Å²) in [4.78, 5) is 21.9. The van der Waals surface area contributed by atoms with Crippen LogP contribution in [0.5, 0.6) is 5.75 Å². The Morgan fingerprint density at radius 1 is 1.19 bits per heavy atom. The molecule has 108 valence electrons. The van der Waals surface area contributed by atoms with Gasteiger partial charge in [-0.2, -0.15) is 0 Å². The lowest BCUT2D eigenvalue weighted by molar-refractivity contribution is -0.385. The van der Waals surface area contributed by atoms with Crippen molar-refractivity contribution in [3.8, 4) is 5.75 Å². The highest BCUT2D eigenvalue weighted by Gasteiger charge is 2.21. The standard InChI is InChI=1S/C15H13NO5/c1-20-15(17)13-9-11(7-8-14(13)16(18)19)10-21-12-5-3-2-4-6-12/h2-9H,10H2,1H3. The van der Waals surface area contributed by atoms with Crippen LogP contribution in [0.15, 0.2) is 48.5 Å². The van der Waals surface area contributed by atoms with Gasteiger partial charge in [-0.25, -0.2) is 4.79 Å². The molecule has 0 aliphatic heterocycles. The van der Waals surface area contributed by atoms with Crippen molar-refractivity contribution >= 4 is 11.7 Å². The summed E-state index contributed by atoms with van der Waals surface area (Å²) in [6.45, 7) is 0.200. The molecule has 0 aliphatic rings. The lowest BCUT2D eigenvalue weighted by Gasteiger charge is -2.07. The van der Waals surface area contributed by atoms with E-state index >= 15 is 0 Å². The summed E-state index contributed by atoms with van der Waals surface area (Å²) in [5, 5.41) is 10.9. The maximum Gasteiger partial charge on any atom is 0.344 e. The molecule has 0 N–H and O–H groups in total. The van der Waals surface area contributed by atoms with Crippen LogP contribution >= 0.6 is 0 Å². The van der Waals surface area contributed by atoms with Gasteiger partial charge >= 0.3 is 5.97 Å². The first-order valence-corrected chi connectivity index (χ1v) is 6.15. The average molecular weight is 287 g/mol. The number of methoxy groups -OCH3 is 1. The third kappa shape index (κ3) is 3.56. The van der Waals surface area contributed by atoms with Crippen LogP contribution in [-0.2, 0) is 11.3 Å². The zero-order valence-corrected chi connectivity index (χ0v) is 11.3. The Labute approximate surface area is 121 Å². The second-order valence-corrected chi connectivity index (χ2v) is 4.20. The van der Waals surface area contributed by atoms with E-state index in [-0.39, 0.29) is 17.9 Å². The molecule has 0 saturated carbocycles. The van der Waals surface area contributed by atoms with Crippen LogP contribution in [0.25, 0.3) is 0 Å². The van der Waals surface area contributed by atoms with Crippen LogP contribution in [0, 0.1) is 10.1 Å². The molecule has 0 radical (unpaired) electrons. The zero-order valence-electron chi connectivity index (χ0n) is 11.3. The number of carbonyl (C=O) groups is 1. The molecular weight excluding hydrogens is 274 g/mol. The van der Waals surface area contributed by atoms with Gasteiger partial charge in [-0.3, -0.25) is 10.1 Å². The largest absolute Gasteiger partial charge is 0.489 e. The summed E-state index contributed by atoms with van der Waals surface area (Å²) in [6, 6.07) is 13.4. The lowest BCUT2D eigenvalue weighted by Crippen LogP contribution is -2.07. The second-order valence-electron chi connectivity index (χ2n) is 4.20. The minimum Gasteiger partial charge on any atom is -0.489 e. The van der Waals surface area contributed by atoms with Crippen LogP contribution < -0.4 is 4.74 Å². The normalized spacial score (nSPS) is 9.95. The van der Waals surface area contributed by atoms with E-state index in [0.717, 1.165) is 0 Å². The van der Waals surface area contributed by atoms with E-state index in [1.54, 1.807) is 18.2 Å². The molecule has 0 aliphatic carbocycles. The number of carbonyl (C=O) groups excluding carboxylic acids is 1. The molecule has 21 heavy (non-hydrogen) atoms. The molecule has 6 heteroatoms. The number of rotatable bonds is 5. The fourth-order valence-electron chi connectivity index (χ4n) is 1.79. The summed E-state index contributed by atoms with van der Waals surface area (Å²) < 4.78 is 10.1. The van der Waals surface area contributed by atoms with E-state index in [9.17, 15) is 14.9 Å². The van der Waals surface area contributed by atoms with Gasteiger partial charge in [-0.15, -0.1) is 0 Å². The van der Waals surface area contributed by atoms with E-state index in [1.807, 2.05) is 18.2 Å². The van der Waals surface area contributed by atoms with Crippen LogP contribution in [0.3, 0.4) is 0 Å². The number of nitrogens with zero attached hydrogens (tertiary/aromatic N) is 1. The first-order valence-electron chi connectivity index (χ1n) is 6.15. The van der Waals surface area contributed by atoms with Gasteiger partial charge in [0.1, 0.15) is 17.9 Å². The number of nitro groups is 1. The van der Waals surface area contributed by atoms with E-state index < -0.39 is 10.9 Å². The Kier molecular flexibility index (Phi) is 4.50. The van der Waals surface area contributed by atoms with Crippen molar-refractivity contribution in [1.82, 2.24) is 0 Å². The van der Waals surface area contributed by atoms with Gasteiger partial charge in [0.2, 0.25) is 0 Å². The van der Waals surface area contributed by atoms with Gasteiger partial charge in [0.05, 0.1) is 12.0 Å². The van der Waals surface area contributed by atoms with Gasteiger partial charge < -0.3 is 9.47 Å². The van der Waals surface area contributed by atoms with Crippen LogP contribution in [0.1, 0.15) is 15.9 Å². The number of esters is 1. The highest BCUT2D eigenvalue weighted by molar-refractivity contribution is 5.94. The van der Waals surface area contributed by atoms with E-state index in [1.165, 1.54) is 19.2 Å². The third-order valence-corrected chi connectivity index (χ3v) is 2.81. The number of para-hydroxylation sites is 1. The molecule has 0 atom stereocenters. The first kappa shape index (κ1) is 14.5. The van der Waals surface area contributed by atoms with Crippen molar-refractivity contribution in [2.24, 2.45) is 0 Å². The topological polar surface area (TPSA) is 78.7 Å². The molecule has 2 aromatic carbocycles. The van der Waals surface area contributed by atoms with Crippen LogP contribution in [-0.4, -0.2) is 18.0 Å². The monoisotopic (exact) mass is 287 g/mol. The van der Waals surface area contributed by atoms with Crippen molar-refractivity contribution in [1.29, 1.82) is 0 Å². The van der Waals surface area contributed by atoms with Crippen molar-refractivity contribution in [3.05, 3.63) is 69.8 Å². The minimum absolute atomic E-state index is 0.0864. The fraction of sp³-hybridized carbons (Fsp3) is 0.133. The molecule has 0 unspecified atom stereocenters. The van der Waals surface area contributed by atoms with E-state index in [0.29, 0.717) is 11.3 Å². The number of benzene rings is 2. The van der Waals surface area contributed by atoms with Crippen LogP contribution in [0.4, 0.5) is 5.69 Å². The predicted molar refractivity (Wildman–Crippen MR) is 75.2 cm³/mol. The Balaban J connectivity index is 2.21. The Morgan fingerprint density at radius 3 is 2.52 bits per heavy atom. The Hall–Kier alpha value is -2.89. The highest BCUT2D eigenvalue weighted by Crippen LogP contribution is 2.22. The minimum atomic E-state index is -0.747. The molecule has 0 saturated heterocycles. The molecule has 0 bridgehead atoms. The summed E-state index contributed by atoms with van der Waals surface area (Å²) in [5.41, 5.74) is 0.270. The van der Waals surface area contributed by atoms with Gasteiger partial charge in [-0.1, -0.05) is 18.2 Å². The number of nitro benzene ring substituents is 1. The molecule has 6 nitrogen and oxygen atoms in total. The van der Waals surface area contributed by atoms with E-state index in [4.69, 9.17) is 4.74 Å². The zero-order chi connectivity index (χ0) is 15.2. The third-order valence-electron chi connectivity index (χ3n) is 2.81. The van der Waals surface area contributed by atoms with Gasteiger partial charge in [0.15, 0.2) is 0 Å². The molecule has 2 aromatic rings. The maximum absolute atomic E-state index is 11.6. The van der Waals surface area contributed by atoms with Crippen molar-refractivity contribution in [2.45, 2.75) is 6.61 Å². The predicted octanol–water partition coefficient (Wildman–Crippen LogP) is 2.96. The Morgan fingerprint density at radius 2 is 1.90 bits per heavy atom. The first-order chi connectivity index (χ1) is 10.1. The molecular formula is C15H13NO5. The van der Waals surface area contributed by atoms with Gasteiger partial charge in [0.25, 0.3) is 5.69 Å². The maximum atomic E-state index is 11.6. The molecule has 0 heterocycles. The second kappa shape index (κ2) is 6.51. The number of ether oxygens (including phenoxy) is 2. The fourth-order valence-corrected chi connectivity index (χ4v) is 1.79. The molecule has 0 aromatic heterocycles. The van der Waals surface area contributed by atoms with Crippen molar-refractivity contribution in [3.63, 3.8) is 0 Å². The van der Waals surface area contributed by atoms with Crippen molar-refractivity contribution < 1.29 is 19.2 Å². The number of hydrogen-bond donors (Lipinski definition) is 0. The molecule has 0 spiro atoms. The number of hydrogen-bond acceptors (Lipinski definition) is 5. The van der Waals surface area contributed by atoms with Crippen molar-refractivity contribution in [2.75, 3.05) is 7.11 Å². The Bertz CT molecular complexity index is 654. The van der Waals surface area contributed by atoms with Gasteiger partial charge in [0, 0.05) is 6.07 Å². The van der Waals surface area contributed by atoms with E-state index in [2.05, 4.69) is 4.74 Å². The van der Waals surface area contributed by atoms with Crippen LogP contribution in [0.2, 0.25) is 0 Å². The lowest BCUT2D eigenvalue weighted by atomic mass is 10.1. The molecule has 0 fully saturated rings. The quantitative estimate of drug-likeness (QED) is 0.480. The summed E-state index contributed by atoms with van der Waals surface area (Å²) in [6.07, 6.45) is 0. The highest BCUT2D eigenvalue weighted by atomic mass is 16.6. The SMILES string of the molecule is COC(=O)c1cc(COc2ccccc2)ccc1[N+](=O)[O-]. The molecule has 0 amide bonds. The summed E-state index contributed by atoms with van der Waals surface area (Å²) in [5.74, 6) is -0.0706. The average Bonchev–Trinajstić information content (AvgIpc) is 2.52.